The van der Waals surface area contributed by atoms with Gasteiger partial charge in [0, 0.05) is 22.9 Å². The van der Waals surface area contributed by atoms with Gasteiger partial charge in [-0.1, -0.05) is 42.5 Å². The van der Waals surface area contributed by atoms with Crippen LogP contribution in [0.3, 0.4) is 0 Å². The minimum atomic E-state index is -1.14. The number of amides is 2. The number of fused-ring (bicyclic) bond motifs is 1. The second kappa shape index (κ2) is 7.87. The number of ketones is 1. The number of hydrogen-bond acceptors (Lipinski definition) is 4. The van der Waals surface area contributed by atoms with Gasteiger partial charge in [-0.15, -0.1) is 0 Å². The smallest absolute Gasteiger partial charge is 0.287 e. The zero-order valence-corrected chi connectivity index (χ0v) is 15.2. The summed E-state index contributed by atoms with van der Waals surface area (Å²) in [6.45, 7) is 1.53. The number of nitrogens with one attached hydrogen (secondary N) is 2. The van der Waals surface area contributed by atoms with Gasteiger partial charge in [-0.3, -0.25) is 19.2 Å². The Morgan fingerprint density at radius 2 is 1.68 bits per heavy atom. The molecule has 2 aromatic carbocycles. The zero-order valence-electron chi connectivity index (χ0n) is 15.2. The van der Waals surface area contributed by atoms with Crippen molar-refractivity contribution in [1.82, 2.24) is 10.3 Å². The van der Waals surface area contributed by atoms with Crippen LogP contribution in [0.25, 0.3) is 10.9 Å². The van der Waals surface area contributed by atoms with Crippen LogP contribution in [0.1, 0.15) is 21.6 Å². The number of para-hydroxylation sites is 1. The number of primary amides is 1. The molecule has 4 N–H and O–H groups in total. The summed E-state index contributed by atoms with van der Waals surface area (Å²) in [7, 11) is 0. The quantitative estimate of drug-likeness (QED) is 0.559. The van der Waals surface area contributed by atoms with Crippen LogP contribution in [0.4, 0.5) is 0 Å². The van der Waals surface area contributed by atoms with Gasteiger partial charge in [0.25, 0.3) is 11.8 Å². The van der Waals surface area contributed by atoms with Crippen LogP contribution >= 0.6 is 0 Å². The Kier molecular flexibility index (Phi) is 5.35. The highest BCUT2D eigenvalue weighted by atomic mass is 16.2. The molecule has 0 radical (unpaired) electrons. The summed E-state index contributed by atoms with van der Waals surface area (Å²) >= 11 is 0. The van der Waals surface area contributed by atoms with E-state index in [2.05, 4.69) is 10.3 Å². The molecular weight excluding hydrogens is 358 g/mol. The standard InChI is InChI=1S/C21H19N3O4/c1-12-17(23-15-10-6-5-9-14(15)18(12)25)21(28)24-16(19(26)20(22)27)11-13-7-3-2-4-8-13/h2-10,16H,11H2,1H3,(H2,22,27)(H,23,25)(H,24,28)/t16-/m0/s1. The third-order valence-electron chi connectivity index (χ3n) is 4.52. The van der Waals surface area contributed by atoms with E-state index < -0.39 is 23.6 Å². The predicted octanol–water partition coefficient (Wildman–Crippen LogP) is 1.23. The normalized spacial score (nSPS) is 11.8. The molecule has 1 atom stereocenters. The fourth-order valence-corrected chi connectivity index (χ4v) is 3.02. The molecule has 0 fully saturated rings. The van der Waals surface area contributed by atoms with Crippen molar-refractivity contribution in [3.05, 3.63) is 81.6 Å². The molecule has 28 heavy (non-hydrogen) atoms. The fraction of sp³-hybridized carbons (Fsp3) is 0.143. The number of carbonyl (C=O) groups is 3. The van der Waals surface area contributed by atoms with Gasteiger partial charge in [-0.25, -0.2) is 0 Å². The van der Waals surface area contributed by atoms with E-state index in [9.17, 15) is 19.2 Å². The lowest BCUT2D eigenvalue weighted by molar-refractivity contribution is -0.137. The minimum absolute atomic E-state index is 0.0408. The molecule has 0 aliphatic carbocycles. The lowest BCUT2D eigenvalue weighted by Crippen LogP contribution is -2.47. The summed E-state index contributed by atoms with van der Waals surface area (Å²) in [4.78, 5) is 51.9. The Morgan fingerprint density at radius 3 is 2.36 bits per heavy atom. The maximum absolute atomic E-state index is 12.8. The van der Waals surface area contributed by atoms with Crippen molar-refractivity contribution in [1.29, 1.82) is 0 Å². The summed E-state index contributed by atoms with van der Waals surface area (Å²) < 4.78 is 0. The first-order chi connectivity index (χ1) is 13.4. The number of rotatable bonds is 6. The molecule has 1 heterocycles. The molecule has 7 heteroatoms. The lowest BCUT2D eigenvalue weighted by atomic mass is 10.0. The van der Waals surface area contributed by atoms with Gasteiger partial charge in [0.15, 0.2) is 5.43 Å². The van der Waals surface area contributed by atoms with Crippen molar-refractivity contribution in [2.45, 2.75) is 19.4 Å². The average Bonchev–Trinajstić information content (AvgIpc) is 2.70. The molecule has 0 aliphatic heterocycles. The monoisotopic (exact) mass is 377 g/mol. The highest BCUT2D eigenvalue weighted by Crippen LogP contribution is 2.12. The fourth-order valence-electron chi connectivity index (χ4n) is 3.02. The molecule has 0 saturated carbocycles. The highest BCUT2D eigenvalue weighted by Gasteiger charge is 2.27. The van der Waals surface area contributed by atoms with Crippen molar-refractivity contribution in [3.63, 3.8) is 0 Å². The topological polar surface area (TPSA) is 122 Å². The van der Waals surface area contributed by atoms with Crippen molar-refractivity contribution >= 4 is 28.5 Å². The number of benzene rings is 2. The maximum Gasteiger partial charge on any atom is 0.287 e. The predicted molar refractivity (Wildman–Crippen MR) is 105 cm³/mol. The molecule has 7 nitrogen and oxygen atoms in total. The summed E-state index contributed by atoms with van der Waals surface area (Å²) in [5.41, 5.74) is 6.38. The Balaban J connectivity index is 1.95. The van der Waals surface area contributed by atoms with Crippen LogP contribution in [0, 0.1) is 6.92 Å². The maximum atomic E-state index is 12.8. The second-order valence-corrected chi connectivity index (χ2v) is 6.44. The van der Waals surface area contributed by atoms with Crippen molar-refractivity contribution in [3.8, 4) is 0 Å². The van der Waals surface area contributed by atoms with E-state index in [-0.39, 0.29) is 23.1 Å². The van der Waals surface area contributed by atoms with E-state index in [0.717, 1.165) is 5.56 Å². The highest BCUT2D eigenvalue weighted by molar-refractivity contribution is 6.38. The third kappa shape index (κ3) is 3.83. The van der Waals surface area contributed by atoms with Gasteiger partial charge < -0.3 is 16.0 Å². The molecule has 0 spiro atoms. The summed E-state index contributed by atoms with van der Waals surface area (Å²) in [6.07, 6.45) is 0.102. The Labute approximate surface area is 160 Å². The number of Topliss-reactive ketones (excluding diaryl/α,β-unsaturated/α-hetero) is 1. The largest absolute Gasteiger partial charge is 0.363 e. The zero-order chi connectivity index (χ0) is 20.3. The number of pyridine rings is 1. The minimum Gasteiger partial charge on any atom is -0.363 e. The molecule has 2 amide bonds. The van der Waals surface area contributed by atoms with Crippen molar-refractivity contribution < 1.29 is 14.4 Å². The van der Waals surface area contributed by atoms with Crippen molar-refractivity contribution in [2.75, 3.05) is 0 Å². The van der Waals surface area contributed by atoms with Crippen LogP contribution in [0.2, 0.25) is 0 Å². The van der Waals surface area contributed by atoms with E-state index in [1.165, 1.54) is 6.92 Å². The van der Waals surface area contributed by atoms with Crippen LogP contribution in [-0.2, 0) is 16.0 Å². The van der Waals surface area contributed by atoms with Crippen LogP contribution in [-0.4, -0.2) is 28.6 Å². The van der Waals surface area contributed by atoms with Crippen LogP contribution in [0.5, 0.6) is 0 Å². The first-order valence-corrected chi connectivity index (χ1v) is 8.68. The summed E-state index contributed by atoms with van der Waals surface area (Å²) in [6, 6.07) is 14.6. The van der Waals surface area contributed by atoms with Gasteiger partial charge in [-0.05, 0) is 24.6 Å². The summed E-state index contributed by atoms with van der Waals surface area (Å²) in [5, 5.41) is 3.00. The van der Waals surface area contributed by atoms with Gasteiger partial charge in [0.2, 0.25) is 5.78 Å². The Bertz CT molecular complexity index is 1120. The SMILES string of the molecule is Cc1c(C(=O)N[C@@H](Cc2ccccc2)C(=O)C(N)=O)[nH]c2ccccc2c1=O. The number of nitrogens with two attached hydrogens (primary N) is 1. The average molecular weight is 377 g/mol. The van der Waals surface area contributed by atoms with Gasteiger partial charge in [0.1, 0.15) is 11.7 Å². The van der Waals surface area contributed by atoms with E-state index in [1.807, 2.05) is 6.07 Å². The molecule has 1 aromatic heterocycles. The molecule has 0 aliphatic rings. The van der Waals surface area contributed by atoms with Crippen LogP contribution in [0.15, 0.2) is 59.4 Å². The number of aromatic amines is 1. The molecule has 3 rings (SSSR count). The Morgan fingerprint density at radius 1 is 1.04 bits per heavy atom. The van der Waals surface area contributed by atoms with E-state index in [0.29, 0.717) is 10.9 Å². The number of hydrogen-bond donors (Lipinski definition) is 3. The Hall–Kier alpha value is -3.74. The number of aromatic nitrogens is 1. The molecule has 0 bridgehead atoms. The number of H-pyrrole nitrogens is 1. The van der Waals surface area contributed by atoms with E-state index >= 15 is 0 Å². The summed E-state index contributed by atoms with van der Waals surface area (Å²) in [5.74, 6) is -2.70. The first-order valence-electron chi connectivity index (χ1n) is 8.68. The molecule has 0 unspecified atom stereocenters. The second-order valence-electron chi connectivity index (χ2n) is 6.44. The number of carbonyl (C=O) groups excluding carboxylic acids is 3. The molecule has 3 aromatic rings. The van der Waals surface area contributed by atoms with Crippen LogP contribution < -0.4 is 16.5 Å². The molecule has 0 saturated heterocycles. The van der Waals surface area contributed by atoms with Gasteiger partial charge in [0.05, 0.1) is 0 Å². The van der Waals surface area contributed by atoms with Crippen molar-refractivity contribution in [2.24, 2.45) is 5.73 Å². The molecule has 142 valence electrons. The van der Waals surface area contributed by atoms with E-state index in [4.69, 9.17) is 5.73 Å². The third-order valence-corrected chi connectivity index (χ3v) is 4.52. The van der Waals surface area contributed by atoms with Gasteiger partial charge >= 0.3 is 0 Å². The van der Waals surface area contributed by atoms with Gasteiger partial charge in [-0.2, -0.15) is 0 Å². The lowest BCUT2D eigenvalue weighted by Gasteiger charge is -2.17. The molecular formula is C21H19N3O4. The first kappa shape index (κ1) is 19.0. The van der Waals surface area contributed by atoms with E-state index in [1.54, 1.807) is 48.5 Å².